The molecule has 0 radical (unpaired) electrons. The fraction of sp³-hybridized carbons (Fsp3) is 0.709. The standard InChI is InChI=1S/C79H122ClN7O15/c1-51-45-77(9,95-17)69(102-71-65(89)63(83(13)14)44-53(3)100-71)55(5)67(91)76(8,73(93)98-50-79(85(16)47-51)35-38-87(39-36-79)74(94)81-61-31-29-60(80)30-32-61)34-33-57-46-78(10,96-18)68(101-70-64(88)62(82(11)12)43-52(2)99-70)54(4)66(90)75(6,7)72(92)97-42-22-37-86(41-40-84(15)48-57)49-56-25-27-59(28-26-56)58-23-20-19-21-24-58/h19-21,23-32,51-55,57,62-65,68-71,88-89H,22,33-50H2,1-18H3,(H,81,94)/t51-,52-,53-,54+,55+,57-,62+,63+,64-,65-,68-,69-,70+,71+,76+,77-,78-/m1/s1. The lowest BCUT2D eigenvalue weighted by Crippen LogP contribution is -2.60. The van der Waals surface area contributed by atoms with Crippen LogP contribution in [-0.2, 0) is 63.6 Å². The number of piperidine rings is 1. The van der Waals surface area contributed by atoms with E-state index in [0.29, 0.717) is 102 Å². The van der Waals surface area contributed by atoms with Crippen molar-refractivity contribution in [1.82, 2.24) is 29.4 Å². The van der Waals surface area contributed by atoms with Crippen LogP contribution >= 0.6 is 11.6 Å². The van der Waals surface area contributed by atoms with Gasteiger partial charge in [0.05, 0.1) is 47.8 Å². The van der Waals surface area contributed by atoms with Gasteiger partial charge in [0, 0.05) is 101 Å². The normalized spacial score (nSPS) is 34.5. The number of methoxy groups -OCH3 is 2. The Kier molecular flexibility index (Phi) is 28.8. The number of anilines is 1. The minimum Gasteiger partial charge on any atom is -0.465 e. The lowest BCUT2D eigenvalue weighted by atomic mass is 9.69. The van der Waals surface area contributed by atoms with Crippen LogP contribution in [0.15, 0.2) is 78.9 Å². The molecule has 0 aliphatic carbocycles. The van der Waals surface area contributed by atoms with Crippen molar-refractivity contribution in [2.45, 2.75) is 212 Å². The van der Waals surface area contributed by atoms with E-state index >= 15 is 14.4 Å². The molecule has 0 unspecified atom stereocenters. The summed E-state index contributed by atoms with van der Waals surface area (Å²) in [4.78, 5) is 88.9. The molecule has 3 aromatic rings. The summed E-state index contributed by atoms with van der Waals surface area (Å²) in [5, 5.41) is 27.8. The Labute approximate surface area is 612 Å². The molecule has 17 atom stereocenters. The van der Waals surface area contributed by atoms with Gasteiger partial charge in [-0.2, -0.15) is 0 Å². The molecule has 5 heterocycles. The highest BCUT2D eigenvalue weighted by Crippen LogP contribution is 2.45. The number of rotatable bonds is 15. The summed E-state index contributed by atoms with van der Waals surface area (Å²) >= 11 is 6.19. The molecular weight excluding hydrogens is 1320 g/mol. The first-order valence-electron chi connectivity index (χ1n) is 37.0. The number of halogens is 1. The predicted octanol–water partition coefficient (Wildman–Crippen LogP) is 9.93. The van der Waals surface area contributed by atoms with Crippen LogP contribution in [0.1, 0.15) is 133 Å². The Morgan fingerprint density at radius 1 is 0.657 bits per heavy atom. The second-order valence-electron chi connectivity index (χ2n) is 32.2. The first-order valence-corrected chi connectivity index (χ1v) is 37.4. The largest absolute Gasteiger partial charge is 0.465 e. The maximum atomic E-state index is 16.6. The van der Waals surface area contributed by atoms with Crippen LogP contribution in [0, 0.1) is 34.5 Å². The van der Waals surface area contributed by atoms with Crippen LogP contribution in [-0.4, -0.2) is 263 Å². The van der Waals surface area contributed by atoms with Crippen LogP contribution in [0.3, 0.4) is 0 Å². The molecule has 1 spiro atoms. The third kappa shape index (κ3) is 20.0. The molecule has 8 rings (SSSR count). The number of Topliss-reactive ketones (excluding diaryl/α,β-unsaturated/α-hetero) is 2. The highest BCUT2D eigenvalue weighted by molar-refractivity contribution is 6.30. The fourth-order valence-corrected chi connectivity index (χ4v) is 16.7. The van der Waals surface area contributed by atoms with E-state index in [9.17, 15) is 19.8 Å². The van der Waals surface area contributed by atoms with Gasteiger partial charge in [-0.3, -0.25) is 29.0 Å². The maximum Gasteiger partial charge on any atom is 0.321 e. The molecule has 3 N–H and O–H groups in total. The number of esters is 2. The Morgan fingerprint density at radius 2 is 1.20 bits per heavy atom. The number of hydrogen-bond donors (Lipinski definition) is 3. The van der Waals surface area contributed by atoms with Crippen molar-refractivity contribution in [1.29, 1.82) is 0 Å². The van der Waals surface area contributed by atoms with Crippen LogP contribution in [0.5, 0.6) is 0 Å². The van der Waals surface area contributed by atoms with Crippen LogP contribution in [0.4, 0.5) is 10.5 Å². The van der Waals surface area contributed by atoms with Crippen molar-refractivity contribution in [2.24, 2.45) is 34.5 Å². The molecule has 0 aromatic heterocycles. The molecular formula is C79H122ClN7O15. The van der Waals surface area contributed by atoms with Crippen molar-refractivity contribution in [3.63, 3.8) is 0 Å². The van der Waals surface area contributed by atoms with Crippen molar-refractivity contribution in [2.75, 3.05) is 121 Å². The Hall–Kier alpha value is -5.02. The number of ether oxygens (including phenoxy) is 8. The second kappa shape index (κ2) is 35.6. The van der Waals surface area contributed by atoms with E-state index in [0.717, 1.165) is 16.7 Å². The Morgan fingerprint density at radius 3 is 1.75 bits per heavy atom. The third-order valence-electron chi connectivity index (χ3n) is 23.2. The number of nitrogens with zero attached hydrogens (tertiary/aromatic N) is 6. The summed E-state index contributed by atoms with van der Waals surface area (Å²) < 4.78 is 53.3. The van der Waals surface area contributed by atoms with E-state index < -0.39 is 106 Å². The van der Waals surface area contributed by atoms with Gasteiger partial charge in [-0.1, -0.05) is 87.0 Å². The quantitative estimate of drug-likeness (QED) is 0.0949. The monoisotopic (exact) mass is 1440 g/mol. The Balaban J connectivity index is 1.20. The van der Waals surface area contributed by atoms with Crippen molar-refractivity contribution < 1.29 is 72.1 Å². The highest BCUT2D eigenvalue weighted by Gasteiger charge is 2.56. The van der Waals surface area contributed by atoms with Gasteiger partial charge in [-0.05, 0) is 201 Å². The molecule has 5 aliphatic heterocycles. The number of cyclic esters (lactones) is 2. The minimum atomic E-state index is -1.87. The number of benzene rings is 3. The zero-order valence-electron chi connectivity index (χ0n) is 64.3. The number of carbonyl (C=O) groups excluding carboxylic acids is 5. The molecule has 22 nitrogen and oxygen atoms in total. The van der Waals surface area contributed by atoms with E-state index in [-0.39, 0.29) is 68.7 Å². The molecule has 0 saturated carbocycles. The maximum absolute atomic E-state index is 16.6. The van der Waals surface area contributed by atoms with Crippen molar-refractivity contribution in [3.8, 4) is 11.1 Å². The number of ketones is 2. The Bertz CT molecular complexity index is 3220. The van der Waals surface area contributed by atoms with E-state index in [1.54, 1.807) is 78.0 Å². The summed E-state index contributed by atoms with van der Waals surface area (Å²) in [6, 6.07) is 24.8. The number of hydrogen-bond acceptors (Lipinski definition) is 20. The van der Waals surface area contributed by atoms with Crippen molar-refractivity contribution in [3.05, 3.63) is 89.4 Å². The number of urea groups is 1. The second-order valence-corrected chi connectivity index (χ2v) is 32.6. The summed E-state index contributed by atoms with van der Waals surface area (Å²) in [5.41, 5.74) is -2.97. The number of aliphatic hydroxyl groups excluding tert-OH is 2. The first-order chi connectivity index (χ1) is 48.1. The number of amides is 2. The van der Waals surface area contributed by atoms with Crippen LogP contribution in [0.2, 0.25) is 5.02 Å². The average molecular weight is 1450 g/mol. The number of nitrogens with one attached hydrogen (secondary N) is 1. The fourth-order valence-electron chi connectivity index (χ4n) is 16.6. The zero-order valence-corrected chi connectivity index (χ0v) is 65.0. The molecule has 102 heavy (non-hydrogen) atoms. The van der Waals surface area contributed by atoms with Gasteiger partial charge in [0.1, 0.15) is 29.6 Å². The summed E-state index contributed by atoms with van der Waals surface area (Å²) in [5.74, 6) is -4.94. The summed E-state index contributed by atoms with van der Waals surface area (Å²) in [6.07, 6.45) is -4.33. The number of likely N-dealkylation sites (tertiary alicyclic amines) is 1. The first kappa shape index (κ1) is 82.6. The lowest BCUT2D eigenvalue weighted by Gasteiger charge is -2.48. The molecule has 5 aliphatic rings. The number of likely N-dealkylation sites (N-methyl/N-ethyl adjacent to an activating group) is 4. The molecule has 5 saturated heterocycles. The highest BCUT2D eigenvalue weighted by atomic mass is 35.5. The molecule has 0 bridgehead atoms. The predicted molar refractivity (Wildman–Crippen MR) is 395 cm³/mol. The van der Waals surface area contributed by atoms with E-state index in [4.69, 9.17) is 49.5 Å². The summed E-state index contributed by atoms with van der Waals surface area (Å²) in [7, 11) is 14.8. The number of carbonyl (C=O) groups is 5. The third-order valence-corrected chi connectivity index (χ3v) is 23.5. The van der Waals surface area contributed by atoms with Crippen molar-refractivity contribution >= 4 is 46.8 Å². The van der Waals surface area contributed by atoms with Gasteiger partial charge in [0.15, 0.2) is 24.1 Å². The molecule has 2 amide bonds. The van der Waals surface area contributed by atoms with Gasteiger partial charge in [0.25, 0.3) is 0 Å². The van der Waals surface area contributed by atoms with Crippen LogP contribution < -0.4 is 5.32 Å². The zero-order chi connectivity index (χ0) is 74.8. The molecule has 5 fully saturated rings. The number of aliphatic hydroxyl groups is 2. The lowest BCUT2D eigenvalue weighted by molar-refractivity contribution is -0.296. The van der Waals surface area contributed by atoms with E-state index in [1.807, 2.05) is 90.9 Å². The minimum absolute atomic E-state index is 0.0274. The van der Waals surface area contributed by atoms with Crippen LogP contribution in [0.25, 0.3) is 11.1 Å². The average Bonchev–Trinajstić information content (AvgIpc) is 1.08. The van der Waals surface area contributed by atoms with Gasteiger partial charge in [-0.15, -0.1) is 0 Å². The van der Waals surface area contributed by atoms with E-state index in [2.05, 4.69) is 70.4 Å². The van der Waals surface area contributed by atoms with Gasteiger partial charge in [-0.25, -0.2) is 4.79 Å². The topological polar surface area (TPSA) is 231 Å². The smallest absolute Gasteiger partial charge is 0.321 e. The molecule has 23 heteroatoms. The summed E-state index contributed by atoms with van der Waals surface area (Å²) in [6.45, 7) is 22.1. The molecule has 3 aromatic carbocycles. The van der Waals surface area contributed by atoms with E-state index in [1.165, 1.54) is 0 Å². The van der Waals surface area contributed by atoms with Gasteiger partial charge < -0.3 is 73.0 Å². The SMILES string of the molecule is CO[C@]1(C)C[C@@H](CC[C@]2(C)C(=O)OCC3(CCN(C(=O)Nc4ccc(Cl)cc4)CC3)N(C)C[C@H](C)C[C@@](C)(OC)[C@H](O[C@@H]3O[C@H](C)C[C@H](N(C)C)[C@H]3O)[C@@H](C)C2=O)CN(C)CCN(Cc2ccc(-c3ccccc3)cc2)CCCOC(=O)C(C)(C)C(=O)[C@H](C)[C@H]1O[C@@H]1O[C@H](C)C[C@H](N(C)C)[C@H]1O. The van der Waals surface area contributed by atoms with Gasteiger partial charge in [0.2, 0.25) is 0 Å². The van der Waals surface area contributed by atoms with Gasteiger partial charge >= 0.3 is 18.0 Å². The molecule has 570 valence electrons.